The van der Waals surface area contributed by atoms with E-state index in [0.717, 1.165) is 12.1 Å². The molecule has 7 nitrogen and oxygen atoms in total. The van der Waals surface area contributed by atoms with E-state index in [-0.39, 0.29) is 39.7 Å². The minimum Gasteiger partial charge on any atom is -0.505 e. The van der Waals surface area contributed by atoms with E-state index in [9.17, 15) is 23.1 Å². The number of nitrogens with one attached hydrogen (secondary N) is 1. The second-order valence-electron chi connectivity index (χ2n) is 6.90. The summed E-state index contributed by atoms with van der Waals surface area (Å²) in [6.45, 7) is 0.129. The predicted molar refractivity (Wildman–Crippen MR) is 117 cm³/mol. The monoisotopic (exact) mass is 508 g/mol. The minimum atomic E-state index is -1.58. The van der Waals surface area contributed by atoms with Crippen molar-refractivity contribution in [2.24, 2.45) is 0 Å². The van der Waals surface area contributed by atoms with Crippen LogP contribution < -0.4 is 10.1 Å². The van der Waals surface area contributed by atoms with Crippen LogP contribution >= 0.6 is 23.2 Å². The van der Waals surface area contributed by atoms with E-state index in [1.807, 2.05) is 0 Å². The molecule has 0 saturated carbocycles. The number of carbonyl (C=O) groups is 1. The average molecular weight is 509 g/mol. The Morgan fingerprint density at radius 2 is 1.62 bits per heavy atom. The number of phenols is 1. The summed E-state index contributed by atoms with van der Waals surface area (Å²) in [5.41, 5.74) is 1.09. The normalized spacial score (nSPS) is 10.9. The van der Waals surface area contributed by atoms with Gasteiger partial charge in [-0.15, -0.1) is 5.10 Å². The molecule has 3 aromatic carbocycles. The molecule has 0 spiro atoms. The molecule has 0 atom stereocenters. The van der Waals surface area contributed by atoms with Gasteiger partial charge < -0.3 is 15.2 Å². The van der Waals surface area contributed by atoms with E-state index in [2.05, 4.69) is 15.4 Å². The summed E-state index contributed by atoms with van der Waals surface area (Å²) >= 11 is 11.8. The van der Waals surface area contributed by atoms with E-state index in [1.165, 1.54) is 35.3 Å². The summed E-state index contributed by atoms with van der Waals surface area (Å²) in [5, 5.41) is 16.4. The molecule has 0 aliphatic rings. The van der Waals surface area contributed by atoms with Crippen LogP contribution in [0.4, 0.5) is 13.2 Å². The van der Waals surface area contributed by atoms with Crippen LogP contribution in [-0.2, 0) is 6.54 Å². The summed E-state index contributed by atoms with van der Waals surface area (Å²) in [6.07, 6.45) is 1.29. The molecule has 0 aliphatic carbocycles. The maximum atomic E-state index is 13.3. The van der Waals surface area contributed by atoms with Crippen molar-refractivity contribution >= 4 is 29.1 Å². The highest BCUT2D eigenvalue weighted by atomic mass is 35.5. The first-order valence-corrected chi connectivity index (χ1v) is 10.3. The molecule has 1 aromatic heterocycles. The predicted octanol–water partition coefficient (Wildman–Crippen LogP) is 5.42. The highest BCUT2D eigenvalue weighted by Gasteiger charge is 2.15. The lowest BCUT2D eigenvalue weighted by Crippen LogP contribution is -2.24. The highest BCUT2D eigenvalue weighted by molar-refractivity contribution is 6.37. The van der Waals surface area contributed by atoms with Gasteiger partial charge >= 0.3 is 0 Å². The Morgan fingerprint density at radius 1 is 1.00 bits per heavy atom. The van der Waals surface area contributed by atoms with Gasteiger partial charge in [0.1, 0.15) is 17.8 Å². The van der Waals surface area contributed by atoms with Gasteiger partial charge in [0.25, 0.3) is 5.91 Å². The second kappa shape index (κ2) is 9.62. The molecule has 0 saturated heterocycles. The van der Waals surface area contributed by atoms with Gasteiger partial charge in [-0.25, -0.2) is 22.8 Å². The number of hydrogen-bond donors (Lipinski definition) is 2. The SMILES string of the molecule is O=C(NCc1ccc(Oc2cc(F)c(F)c(F)c2)cc1)c1ncn(-c2cc(Cl)c(O)c(Cl)c2)n1. The Bertz CT molecular complexity index is 1330. The third-order valence-electron chi connectivity index (χ3n) is 4.53. The number of rotatable bonds is 6. The molecule has 2 N–H and O–H groups in total. The van der Waals surface area contributed by atoms with Crippen LogP contribution in [-0.4, -0.2) is 25.8 Å². The van der Waals surface area contributed by atoms with Crippen LogP contribution in [0.25, 0.3) is 5.69 Å². The molecular weight excluding hydrogens is 496 g/mol. The molecule has 0 aliphatic heterocycles. The minimum absolute atomic E-state index is 0.0196. The number of aromatic nitrogens is 3. The molecule has 0 bridgehead atoms. The number of carbonyl (C=O) groups excluding carboxylic acids is 1. The zero-order valence-corrected chi connectivity index (χ0v) is 18.4. The van der Waals surface area contributed by atoms with Crippen LogP contribution in [0.1, 0.15) is 16.2 Å². The Morgan fingerprint density at radius 3 is 2.24 bits per heavy atom. The van der Waals surface area contributed by atoms with Gasteiger partial charge in [-0.1, -0.05) is 35.3 Å². The highest BCUT2D eigenvalue weighted by Crippen LogP contribution is 2.33. The number of ether oxygens (including phenoxy) is 1. The molecule has 12 heteroatoms. The average Bonchev–Trinajstić information content (AvgIpc) is 3.30. The Kier molecular flexibility index (Phi) is 6.62. The van der Waals surface area contributed by atoms with E-state index < -0.39 is 23.4 Å². The third-order valence-corrected chi connectivity index (χ3v) is 5.11. The van der Waals surface area contributed by atoms with Crippen molar-refractivity contribution in [2.45, 2.75) is 6.54 Å². The smallest absolute Gasteiger partial charge is 0.291 e. The lowest BCUT2D eigenvalue weighted by Gasteiger charge is -2.08. The largest absolute Gasteiger partial charge is 0.505 e. The van der Waals surface area contributed by atoms with Crippen molar-refractivity contribution in [3.63, 3.8) is 0 Å². The van der Waals surface area contributed by atoms with Crippen molar-refractivity contribution < 1.29 is 27.8 Å². The van der Waals surface area contributed by atoms with Gasteiger partial charge in [0.15, 0.2) is 23.2 Å². The fourth-order valence-corrected chi connectivity index (χ4v) is 3.32. The number of phenolic OH excluding ortho intramolecular Hbond substituents is 1. The quantitative estimate of drug-likeness (QED) is 0.339. The van der Waals surface area contributed by atoms with Crippen molar-refractivity contribution in [2.75, 3.05) is 0 Å². The van der Waals surface area contributed by atoms with Gasteiger partial charge in [-0.3, -0.25) is 4.79 Å². The fraction of sp³-hybridized carbons (Fsp3) is 0.0455. The molecule has 4 rings (SSSR count). The Labute approximate surface area is 200 Å². The second-order valence-corrected chi connectivity index (χ2v) is 7.71. The molecular formula is C22H13Cl2F3N4O3. The number of hydrogen-bond acceptors (Lipinski definition) is 5. The van der Waals surface area contributed by atoms with Crippen molar-refractivity contribution in [3.8, 4) is 22.9 Å². The Balaban J connectivity index is 1.37. The first kappa shape index (κ1) is 23.4. The van der Waals surface area contributed by atoms with E-state index in [0.29, 0.717) is 11.3 Å². The number of nitrogens with zero attached hydrogens (tertiary/aromatic N) is 3. The summed E-state index contributed by atoms with van der Waals surface area (Å²) in [5.74, 6) is -5.16. The maximum absolute atomic E-state index is 13.3. The van der Waals surface area contributed by atoms with Crippen LogP contribution in [0.15, 0.2) is 54.9 Å². The molecule has 0 fully saturated rings. The van der Waals surface area contributed by atoms with Gasteiger partial charge in [0.05, 0.1) is 15.7 Å². The van der Waals surface area contributed by atoms with Crippen LogP contribution in [0.3, 0.4) is 0 Å². The number of halogens is 5. The van der Waals surface area contributed by atoms with Crippen molar-refractivity contribution in [1.82, 2.24) is 20.1 Å². The van der Waals surface area contributed by atoms with Crippen molar-refractivity contribution in [3.05, 3.63) is 93.7 Å². The van der Waals surface area contributed by atoms with Crippen LogP contribution in [0.5, 0.6) is 17.2 Å². The molecule has 0 radical (unpaired) electrons. The third kappa shape index (κ3) is 5.08. The van der Waals surface area contributed by atoms with Gasteiger partial charge in [-0.2, -0.15) is 0 Å². The van der Waals surface area contributed by atoms with Crippen LogP contribution in [0, 0.1) is 17.5 Å². The maximum Gasteiger partial charge on any atom is 0.291 e. The van der Waals surface area contributed by atoms with Crippen molar-refractivity contribution in [1.29, 1.82) is 0 Å². The number of benzene rings is 3. The molecule has 1 heterocycles. The topological polar surface area (TPSA) is 89.3 Å². The van der Waals surface area contributed by atoms with E-state index in [1.54, 1.807) is 12.1 Å². The number of aromatic hydroxyl groups is 1. The summed E-state index contributed by atoms with van der Waals surface area (Å²) in [7, 11) is 0. The number of amides is 1. The fourth-order valence-electron chi connectivity index (χ4n) is 2.84. The van der Waals surface area contributed by atoms with Crippen LogP contribution in [0.2, 0.25) is 10.0 Å². The molecule has 34 heavy (non-hydrogen) atoms. The molecule has 0 unspecified atom stereocenters. The molecule has 1 amide bonds. The van der Waals surface area contributed by atoms with Gasteiger partial charge in [-0.05, 0) is 29.8 Å². The summed E-state index contributed by atoms with van der Waals surface area (Å²) in [4.78, 5) is 16.3. The van der Waals surface area contributed by atoms with Gasteiger partial charge in [0, 0.05) is 18.7 Å². The standard InChI is InChI=1S/C22H13Cl2F3N4O3/c23-15-5-12(6-16(24)20(15)32)31-10-29-21(30-31)22(33)28-9-11-1-3-13(4-2-11)34-14-7-17(25)19(27)18(26)8-14/h1-8,10,32H,9H2,(H,28,33). The first-order valence-electron chi connectivity index (χ1n) is 9.51. The van der Waals surface area contributed by atoms with E-state index >= 15 is 0 Å². The molecule has 174 valence electrons. The lowest BCUT2D eigenvalue weighted by atomic mass is 10.2. The lowest BCUT2D eigenvalue weighted by molar-refractivity contribution is 0.0940. The summed E-state index contributed by atoms with van der Waals surface area (Å²) in [6, 6.07) is 10.6. The zero-order valence-electron chi connectivity index (χ0n) is 16.9. The van der Waals surface area contributed by atoms with E-state index in [4.69, 9.17) is 27.9 Å². The Hall–Kier alpha value is -3.76. The molecule has 4 aromatic rings. The summed E-state index contributed by atoms with van der Waals surface area (Å²) < 4.78 is 46.2. The zero-order chi connectivity index (χ0) is 24.4. The van der Waals surface area contributed by atoms with Gasteiger partial charge in [0.2, 0.25) is 5.82 Å². The first-order chi connectivity index (χ1) is 16.2.